The van der Waals surface area contributed by atoms with Gasteiger partial charge in [-0.25, -0.2) is 0 Å². The van der Waals surface area contributed by atoms with Gasteiger partial charge in [0.1, 0.15) is 0 Å². The van der Waals surface area contributed by atoms with Crippen LogP contribution in [0.25, 0.3) is 10.4 Å². The summed E-state index contributed by atoms with van der Waals surface area (Å²) in [5.74, 6) is 1.17. The summed E-state index contributed by atoms with van der Waals surface area (Å²) in [6.07, 6.45) is 0. The molecule has 3 aromatic rings. The number of halogens is 1. The third-order valence-corrected chi connectivity index (χ3v) is 5.29. The number of rotatable bonds is 7. The molecule has 26 heavy (non-hydrogen) atoms. The molecule has 1 aromatic carbocycles. The quantitative estimate of drug-likeness (QED) is 0.645. The first kappa shape index (κ1) is 20.6. The van der Waals surface area contributed by atoms with E-state index in [0.717, 1.165) is 6.54 Å². The summed E-state index contributed by atoms with van der Waals surface area (Å²) in [5.41, 5.74) is 8.15. The second kappa shape index (κ2) is 9.28. The lowest BCUT2D eigenvalue weighted by atomic mass is 10.1. The van der Waals surface area contributed by atoms with Crippen LogP contribution in [0.15, 0.2) is 40.9 Å². The minimum Gasteiger partial charge on any atom is -0.338 e. The standard InChI is InChI=1S/C19H24N4OS.ClH/c1-13(2)23(12-18-21-19(10-20)24-22-18)11-15-8-9-17(25-15)16-7-5-4-6-14(16)3;/h4-9,13H,10-12,20H2,1-3H3;1H. The van der Waals surface area contributed by atoms with E-state index in [1.807, 2.05) is 11.3 Å². The fraction of sp³-hybridized carbons (Fsp3) is 0.368. The van der Waals surface area contributed by atoms with Crippen LogP contribution < -0.4 is 5.73 Å². The Morgan fingerprint density at radius 3 is 2.58 bits per heavy atom. The van der Waals surface area contributed by atoms with Crippen molar-refractivity contribution in [2.45, 2.75) is 46.4 Å². The lowest BCUT2D eigenvalue weighted by Gasteiger charge is -2.24. The number of hydrogen-bond acceptors (Lipinski definition) is 6. The maximum absolute atomic E-state index is 5.54. The van der Waals surface area contributed by atoms with E-state index in [9.17, 15) is 0 Å². The molecule has 2 aromatic heterocycles. The number of benzene rings is 1. The normalized spacial score (nSPS) is 11.2. The van der Waals surface area contributed by atoms with Crippen molar-refractivity contribution in [1.82, 2.24) is 15.0 Å². The zero-order chi connectivity index (χ0) is 17.8. The molecule has 2 heterocycles. The zero-order valence-corrected chi connectivity index (χ0v) is 16.9. The molecule has 140 valence electrons. The monoisotopic (exact) mass is 392 g/mol. The maximum atomic E-state index is 5.54. The molecule has 0 aliphatic carbocycles. The molecule has 3 rings (SSSR count). The highest BCUT2D eigenvalue weighted by Gasteiger charge is 2.16. The van der Waals surface area contributed by atoms with Gasteiger partial charge in [0, 0.05) is 22.3 Å². The minimum atomic E-state index is 0. The Balaban J connectivity index is 0.00000243. The summed E-state index contributed by atoms with van der Waals surface area (Å²) in [7, 11) is 0. The topological polar surface area (TPSA) is 68.2 Å². The summed E-state index contributed by atoms with van der Waals surface area (Å²) in [6, 6.07) is 13.3. The summed E-state index contributed by atoms with van der Waals surface area (Å²) < 4.78 is 5.11. The average Bonchev–Trinajstić information content (AvgIpc) is 3.24. The van der Waals surface area contributed by atoms with Crippen LogP contribution in [0.4, 0.5) is 0 Å². The van der Waals surface area contributed by atoms with E-state index in [1.54, 1.807) is 0 Å². The molecule has 0 aliphatic heterocycles. The summed E-state index contributed by atoms with van der Waals surface area (Å²) >= 11 is 1.84. The largest absolute Gasteiger partial charge is 0.338 e. The first-order valence-corrected chi connectivity index (χ1v) is 9.28. The van der Waals surface area contributed by atoms with Crippen molar-refractivity contribution in [2.75, 3.05) is 0 Å². The average molecular weight is 393 g/mol. The molecule has 0 aliphatic rings. The molecule has 0 spiro atoms. The molecule has 2 N–H and O–H groups in total. The lowest BCUT2D eigenvalue weighted by molar-refractivity contribution is 0.197. The van der Waals surface area contributed by atoms with Gasteiger partial charge < -0.3 is 10.3 Å². The SMILES string of the molecule is Cc1ccccc1-c1ccc(CN(Cc2noc(CN)n2)C(C)C)s1.Cl. The van der Waals surface area contributed by atoms with Crippen molar-refractivity contribution in [3.63, 3.8) is 0 Å². The van der Waals surface area contributed by atoms with Crippen LogP contribution in [0.5, 0.6) is 0 Å². The Labute approximate surface area is 164 Å². The van der Waals surface area contributed by atoms with Crippen molar-refractivity contribution >= 4 is 23.7 Å². The van der Waals surface area contributed by atoms with Gasteiger partial charge in [-0.3, -0.25) is 4.90 Å². The zero-order valence-electron chi connectivity index (χ0n) is 15.3. The van der Waals surface area contributed by atoms with Gasteiger partial charge in [-0.15, -0.1) is 23.7 Å². The van der Waals surface area contributed by atoms with E-state index >= 15 is 0 Å². The Hall–Kier alpha value is -1.73. The molecule has 0 bridgehead atoms. The summed E-state index contributed by atoms with van der Waals surface area (Å²) in [6.45, 7) is 8.30. The van der Waals surface area contributed by atoms with Crippen LogP contribution in [-0.4, -0.2) is 21.1 Å². The first-order valence-electron chi connectivity index (χ1n) is 8.47. The van der Waals surface area contributed by atoms with Gasteiger partial charge in [0.2, 0.25) is 5.89 Å². The lowest BCUT2D eigenvalue weighted by Crippen LogP contribution is -2.30. The van der Waals surface area contributed by atoms with Gasteiger partial charge in [-0.2, -0.15) is 4.98 Å². The molecule has 0 unspecified atom stereocenters. The minimum absolute atomic E-state index is 0. The van der Waals surface area contributed by atoms with Gasteiger partial charge in [0.15, 0.2) is 5.82 Å². The van der Waals surface area contributed by atoms with Crippen LogP contribution in [0.2, 0.25) is 0 Å². The van der Waals surface area contributed by atoms with Gasteiger partial charge >= 0.3 is 0 Å². The van der Waals surface area contributed by atoms with Gasteiger partial charge in [0.05, 0.1) is 13.1 Å². The number of aromatic nitrogens is 2. The number of aryl methyl sites for hydroxylation is 1. The first-order chi connectivity index (χ1) is 12.1. The molecule has 7 heteroatoms. The number of thiophene rings is 1. The second-order valence-electron chi connectivity index (χ2n) is 6.39. The van der Waals surface area contributed by atoms with E-state index in [0.29, 0.717) is 24.3 Å². The van der Waals surface area contributed by atoms with Crippen molar-refractivity contribution in [2.24, 2.45) is 5.73 Å². The highest BCUT2D eigenvalue weighted by molar-refractivity contribution is 7.15. The van der Waals surface area contributed by atoms with Gasteiger partial charge in [-0.1, -0.05) is 29.4 Å². The molecule has 0 atom stereocenters. The van der Waals surface area contributed by atoms with E-state index < -0.39 is 0 Å². The molecule has 0 amide bonds. The molecular formula is C19H25ClN4OS. The van der Waals surface area contributed by atoms with E-state index in [1.165, 1.54) is 20.9 Å². The fourth-order valence-corrected chi connectivity index (χ4v) is 3.82. The van der Waals surface area contributed by atoms with Crippen LogP contribution >= 0.6 is 23.7 Å². The second-order valence-corrected chi connectivity index (χ2v) is 7.56. The van der Waals surface area contributed by atoms with Crippen molar-refractivity contribution in [3.8, 4) is 10.4 Å². The smallest absolute Gasteiger partial charge is 0.240 e. The molecule has 0 fully saturated rings. The Bertz CT molecular complexity index is 830. The molecule has 0 saturated carbocycles. The van der Waals surface area contributed by atoms with Crippen LogP contribution in [-0.2, 0) is 19.6 Å². The van der Waals surface area contributed by atoms with Crippen molar-refractivity contribution in [1.29, 1.82) is 0 Å². The number of nitrogens with zero attached hydrogens (tertiary/aromatic N) is 3. The van der Waals surface area contributed by atoms with Crippen molar-refractivity contribution < 1.29 is 4.52 Å². The van der Waals surface area contributed by atoms with E-state index in [-0.39, 0.29) is 19.0 Å². The maximum Gasteiger partial charge on any atom is 0.240 e. The third-order valence-electron chi connectivity index (χ3n) is 4.19. The number of nitrogens with two attached hydrogens (primary N) is 1. The predicted molar refractivity (Wildman–Crippen MR) is 108 cm³/mol. The van der Waals surface area contributed by atoms with Crippen molar-refractivity contribution in [3.05, 3.63) is 58.6 Å². The summed E-state index contributed by atoms with van der Waals surface area (Å²) in [5, 5.41) is 4.01. The molecule has 0 saturated heterocycles. The summed E-state index contributed by atoms with van der Waals surface area (Å²) in [4.78, 5) is 9.28. The van der Waals surface area contributed by atoms with E-state index in [2.05, 4.69) is 72.2 Å². The third kappa shape index (κ3) is 4.92. The Morgan fingerprint density at radius 1 is 1.15 bits per heavy atom. The van der Waals surface area contributed by atoms with Crippen LogP contribution in [0, 0.1) is 6.92 Å². The molecular weight excluding hydrogens is 368 g/mol. The van der Waals surface area contributed by atoms with Crippen LogP contribution in [0.3, 0.4) is 0 Å². The van der Waals surface area contributed by atoms with E-state index in [4.69, 9.17) is 10.3 Å². The highest BCUT2D eigenvalue weighted by atomic mass is 35.5. The molecule has 0 radical (unpaired) electrons. The Morgan fingerprint density at radius 2 is 1.92 bits per heavy atom. The van der Waals surface area contributed by atoms with Gasteiger partial charge in [0.25, 0.3) is 0 Å². The number of hydrogen-bond donors (Lipinski definition) is 1. The van der Waals surface area contributed by atoms with Gasteiger partial charge in [-0.05, 0) is 44.0 Å². The highest BCUT2D eigenvalue weighted by Crippen LogP contribution is 2.31. The van der Waals surface area contributed by atoms with Crippen LogP contribution in [0.1, 0.15) is 36.0 Å². The Kier molecular flexibility index (Phi) is 7.34. The molecule has 5 nitrogen and oxygen atoms in total. The fourth-order valence-electron chi connectivity index (χ4n) is 2.70. The predicted octanol–water partition coefficient (Wildman–Crippen LogP) is 4.40.